The molecule has 0 spiro atoms. The molecule has 0 saturated heterocycles. The summed E-state index contributed by atoms with van der Waals surface area (Å²) in [5.74, 6) is 0.101. The van der Waals surface area contributed by atoms with E-state index in [4.69, 9.17) is 0 Å². The van der Waals surface area contributed by atoms with E-state index in [0.717, 1.165) is 24.1 Å². The van der Waals surface area contributed by atoms with Crippen molar-refractivity contribution in [1.82, 2.24) is 0 Å². The van der Waals surface area contributed by atoms with E-state index < -0.39 is 0 Å². The third-order valence-electron chi connectivity index (χ3n) is 3.48. The molecule has 0 aliphatic rings. The average Bonchev–Trinajstić information content (AvgIpc) is 2.31. The van der Waals surface area contributed by atoms with E-state index in [1.165, 1.54) is 5.56 Å². The van der Waals surface area contributed by atoms with Crippen LogP contribution in [0.1, 0.15) is 45.2 Å². The van der Waals surface area contributed by atoms with Gasteiger partial charge in [-0.2, -0.15) is 0 Å². The van der Waals surface area contributed by atoms with E-state index in [9.17, 15) is 4.79 Å². The van der Waals surface area contributed by atoms with E-state index in [0.29, 0.717) is 0 Å². The van der Waals surface area contributed by atoms with Gasteiger partial charge in [0.25, 0.3) is 0 Å². The molecular formula is C15H23NO. The molecule has 94 valence electrons. The maximum atomic E-state index is 12.2. The zero-order valence-electron chi connectivity index (χ0n) is 11.6. The molecule has 17 heavy (non-hydrogen) atoms. The van der Waals surface area contributed by atoms with Crippen LogP contribution in [-0.2, 0) is 11.2 Å². The van der Waals surface area contributed by atoms with E-state index in [2.05, 4.69) is 18.3 Å². The Morgan fingerprint density at radius 2 is 1.94 bits per heavy atom. The van der Waals surface area contributed by atoms with E-state index in [1.54, 1.807) is 0 Å². The van der Waals surface area contributed by atoms with Gasteiger partial charge in [0.05, 0.1) is 0 Å². The number of aryl methyl sites for hydroxylation is 2. The van der Waals surface area contributed by atoms with Crippen molar-refractivity contribution in [3.05, 3.63) is 29.3 Å². The van der Waals surface area contributed by atoms with Gasteiger partial charge in [-0.05, 0) is 30.9 Å². The normalized spacial score (nSPS) is 11.4. The maximum absolute atomic E-state index is 12.2. The molecule has 0 aromatic heterocycles. The molecule has 0 heterocycles. The highest BCUT2D eigenvalue weighted by Gasteiger charge is 2.26. The van der Waals surface area contributed by atoms with Crippen molar-refractivity contribution in [1.29, 1.82) is 0 Å². The number of rotatable bonds is 4. The topological polar surface area (TPSA) is 29.1 Å². The predicted molar refractivity (Wildman–Crippen MR) is 73.3 cm³/mol. The number of benzene rings is 1. The largest absolute Gasteiger partial charge is 0.325 e. The quantitative estimate of drug-likeness (QED) is 0.838. The van der Waals surface area contributed by atoms with Gasteiger partial charge >= 0.3 is 0 Å². The minimum Gasteiger partial charge on any atom is -0.325 e. The second-order valence-electron chi connectivity index (χ2n) is 5.15. The van der Waals surface area contributed by atoms with Gasteiger partial charge in [0.2, 0.25) is 5.91 Å². The number of nitrogens with one attached hydrogen (secondary N) is 1. The van der Waals surface area contributed by atoms with Crippen LogP contribution in [0.15, 0.2) is 18.2 Å². The highest BCUT2D eigenvalue weighted by molar-refractivity contribution is 5.96. The molecule has 1 aromatic carbocycles. The van der Waals surface area contributed by atoms with Crippen LogP contribution in [-0.4, -0.2) is 5.91 Å². The third-order valence-corrected chi connectivity index (χ3v) is 3.48. The maximum Gasteiger partial charge on any atom is 0.230 e. The summed E-state index contributed by atoms with van der Waals surface area (Å²) in [7, 11) is 0. The Bertz CT molecular complexity index is 407. The minimum absolute atomic E-state index is 0.101. The van der Waals surface area contributed by atoms with Crippen LogP contribution in [0.25, 0.3) is 0 Å². The van der Waals surface area contributed by atoms with Crippen LogP contribution in [0.4, 0.5) is 5.69 Å². The summed E-state index contributed by atoms with van der Waals surface area (Å²) in [4.78, 5) is 12.2. The summed E-state index contributed by atoms with van der Waals surface area (Å²) in [5, 5.41) is 3.08. The van der Waals surface area contributed by atoms with Crippen molar-refractivity contribution in [3.63, 3.8) is 0 Å². The highest BCUT2D eigenvalue weighted by Crippen LogP contribution is 2.26. The molecule has 0 radical (unpaired) electrons. The molecule has 0 fully saturated rings. The van der Waals surface area contributed by atoms with Crippen molar-refractivity contribution >= 4 is 11.6 Å². The molecule has 1 rings (SSSR count). The van der Waals surface area contributed by atoms with Crippen molar-refractivity contribution in [3.8, 4) is 0 Å². The van der Waals surface area contributed by atoms with Gasteiger partial charge in [-0.3, -0.25) is 4.79 Å². The lowest BCUT2D eigenvalue weighted by molar-refractivity contribution is -0.124. The van der Waals surface area contributed by atoms with Crippen molar-refractivity contribution < 1.29 is 4.79 Å². The number of carbonyl (C=O) groups is 1. The summed E-state index contributed by atoms with van der Waals surface area (Å²) < 4.78 is 0. The van der Waals surface area contributed by atoms with Crippen LogP contribution in [0.3, 0.4) is 0 Å². The van der Waals surface area contributed by atoms with E-state index >= 15 is 0 Å². The van der Waals surface area contributed by atoms with Crippen LogP contribution < -0.4 is 5.32 Å². The molecular weight excluding hydrogens is 210 g/mol. The zero-order chi connectivity index (χ0) is 13.1. The number of carbonyl (C=O) groups excluding carboxylic acids is 1. The summed E-state index contributed by atoms with van der Waals surface area (Å²) in [5.41, 5.74) is 3.00. The van der Waals surface area contributed by atoms with Gasteiger partial charge in [0.1, 0.15) is 0 Å². The predicted octanol–water partition coefficient (Wildman–Crippen LogP) is 3.93. The molecule has 0 bridgehead atoms. The van der Waals surface area contributed by atoms with Crippen molar-refractivity contribution in [2.75, 3.05) is 5.32 Å². The molecule has 1 amide bonds. The van der Waals surface area contributed by atoms with Crippen molar-refractivity contribution in [2.45, 2.75) is 47.5 Å². The smallest absolute Gasteiger partial charge is 0.230 e. The molecule has 0 saturated carbocycles. The Kier molecular flexibility index (Phi) is 4.33. The van der Waals surface area contributed by atoms with Gasteiger partial charge < -0.3 is 5.32 Å². The molecule has 0 unspecified atom stereocenters. The number of anilines is 1. The Morgan fingerprint density at radius 3 is 2.47 bits per heavy atom. The lowest BCUT2D eigenvalue weighted by Gasteiger charge is -2.23. The monoisotopic (exact) mass is 233 g/mol. The van der Waals surface area contributed by atoms with Gasteiger partial charge in [0, 0.05) is 11.1 Å². The van der Waals surface area contributed by atoms with Crippen molar-refractivity contribution in [2.24, 2.45) is 5.41 Å². The van der Waals surface area contributed by atoms with Crippen LogP contribution >= 0.6 is 0 Å². The van der Waals surface area contributed by atoms with Gasteiger partial charge in [0.15, 0.2) is 0 Å². The molecule has 2 nitrogen and oxygen atoms in total. The molecule has 0 aliphatic carbocycles. The average molecular weight is 233 g/mol. The zero-order valence-corrected chi connectivity index (χ0v) is 11.6. The molecule has 1 N–H and O–H groups in total. The molecule has 0 aliphatic heterocycles. The first-order valence-corrected chi connectivity index (χ1v) is 6.32. The summed E-state index contributed by atoms with van der Waals surface area (Å²) >= 11 is 0. The summed E-state index contributed by atoms with van der Waals surface area (Å²) in [6.07, 6.45) is 1.77. The lowest BCUT2D eigenvalue weighted by Crippen LogP contribution is -2.30. The fourth-order valence-electron chi connectivity index (χ4n) is 1.65. The second kappa shape index (κ2) is 5.35. The lowest BCUT2D eigenvalue weighted by atomic mass is 9.89. The third kappa shape index (κ3) is 3.09. The Hall–Kier alpha value is -1.31. The van der Waals surface area contributed by atoms with Gasteiger partial charge in [-0.15, -0.1) is 0 Å². The van der Waals surface area contributed by atoms with Gasteiger partial charge in [-0.25, -0.2) is 0 Å². The Labute approximate surface area is 104 Å². The van der Waals surface area contributed by atoms with E-state index in [1.807, 2.05) is 39.8 Å². The fraction of sp³-hybridized carbons (Fsp3) is 0.533. The SMILES string of the molecule is CCc1cccc(C)c1NC(=O)C(C)(C)CC. The number of hydrogen-bond donors (Lipinski definition) is 1. The highest BCUT2D eigenvalue weighted by atomic mass is 16.2. The first-order valence-electron chi connectivity index (χ1n) is 6.32. The van der Waals surface area contributed by atoms with Crippen LogP contribution in [0.2, 0.25) is 0 Å². The standard InChI is InChI=1S/C15H23NO/c1-6-12-10-8-9-11(3)13(12)16-14(17)15(4,5)7-2/h8-10H,6-7H2,1-5H3,(H,16,17). The Morgan fingerprint density at radius 1 is 1.29 bits per heavy atom. The summed E-state index contributed by atoms with van der Waals surface area (Å²) in [6.45, 7) is 10.1. The second-order valence-corrected chi connectivity index (χ2v) is 5.15. The van der Waals surface area contributed by atoms with Gasteiger partial charge in [-0.1, -0.05) is 45.9 Å². The Balaban J connectivity index is 2.99. The number of para-hydroxylation sites is 1. The first-order chi connectivity index (χ1) is 7.92. The number of amides is 1. The summed E-state index contributed by atoms with van der Waals surface area (Å²) in [6, 6.07) is 6.14. The molecule has 0 atom stereocenters. The molecule has 1 aromatic rings. The minimum atomic E-state index is -0.312. The number of hydrogen-bond acceptors (Lipinski definition) is 1. The van der Waals surface area contributed by atoms with E-state index in [-0.39, 0.29) is 11.3 Å². The van der Waals surface area contributed by atoms with Crippen LogP contribution in [0.5, 0.6) is 0 Å². The molecule has 2 heteroatoms. The first kappa shape index (κ1) is 13.8. The fourth-order valence-corrected chi connectivity index (χ4v) is 1.65. The van der Waals surface area contributed by atoms with Crippen LogP contribution in [0, 0.1) is 12.3 Å².